The molecule has 2 rings (SSSR count). The number of nitrogens with one attached hydrogen (secondary N) is 1. The van der Waals surface area contributed by atoms with Gasteiger partial charge < -0.3 is 15.8 Å². The van der Waals surface area contributed by atoms with Crippen LogP contribution in [0.15, 0.2) is 35.2 Å². The zero-order valence-electron chi connectivity index (χ0n) is 10.2. The molecule has 3 N–H and O–H groups in total. The van der Waals surface area contributed by atoms with Crippen LogP contribution in [0.25, 0.3) is 0 Å². The van der Waals surface area contributed by atoms with E-state index in [1.165, 1.54) is 4.90 Å². The molecule has 6 heteroatoms. The molecule has 2 aromatic rings. The highest BCUT2D eigenvalue weighted by Gasteiger charge is 2.03. The number of nitrogens with two attached hydrogens (primary N) is 1. The van der Waals surface area contributed by atoms with Crippen molar-refractivity contribution >= 4 is 29.2 Å². The summed E-state index contributed by atoms with van der Waals surface area (Å²) in [6.07, 6.45) is 2.03. The lowest BCUT2D eigenvalue weighted by molar-refractivity contribution is 0.398. The largest absolute Gasteiger partial charge is 0.481 e. The number of aromatic nitrogens is 2. The lowest BCUT2D eigenvalue weighted by Crippen LogP contribution is -2.01. The highest BCUT2D eigenvalue weighted by Crippen LogP contribution is 2.23. The molecule has 0 fully saturated rings. The predicted octanol–water partition coefficient (Wildman–Crippen LogP) is 2.53. The Morgan fingerprint density at radius 1 is 1.28 bits per heavy atom. The number of hydrogen-bond acceptors (Lipinski definition) is 6. The van der Waals surface area contributed by atoms with Crippen LogP contribution >= 0.6 is 11.8 Å². The van der Waals surface area contributed by atoms with Crippen LogP contribution in [0.4, 0.5) is 17.5 Å². The van der Waals surface area contributed by atoms with Crippen molar-refractivity contribution in [3.05, 3.63) is 30.3 Å². The molecule has 0 saturated heterocycles. The molecule has 0 aliphatic heterocycles. The molecule has 0 spiro atoms. The number of ether oxygens (including phenoxy) is 1. The molecular formula is C12H14N4OS. The van der Waals surface area contributed by atoms with Gasteiger partial charge in [-0.1, -0.05) is 6.07 Å². The number of benzene rings is 1. The first-order chi connectivity index (χ1) is 8.71. The Labute approximate surface area is 110 Å². The maximum Gasteiger partial charge on any atom is 0.225 e. The molecular weight excluding hydrogens is 248 g/mol. The fourth-order valence-electron chi connectivity index (χ4n) is 1.46. The third-order valence-corrected chi connectivity index (χ3v) is 3.00. The van der Waals surface area contributed by atoms with Gasteiger partial charge in [0.2, 0.25) is 11.8 Å². The third-order valence-electron chi connectivity index (χ3n) is 2.27. The summed E-state index contributed by atoms with van der Waals surface area (Å²) in [6, 6.07) is 9.72. The van der Waals surface area contributed by atoms with Crippen LogP contribution in [-0.4, -0.2) is 23.3 Å². The molecule has 1 aromatic heterocycles. The second kappa shape index (κ2) is 5.59. The minimum atomic E-state index is 0.179. The van der Waals surface area contributed by atoms with Gasteiger partial charge in [-0.3, -0.25) is 0 Å². The standard InChI is InChI=1S/C12H14N4OS/c1-17-11-7-10(15-12(13)16-11)14-8-4-3-5-9(6-8)18-2/h3-7H,1-2H3,(H3,13,14,15,16). The molecule has 0 unspecified atom stereocenters. The normalized spacial score (nSPS) is 10.1. The second-order valence-electron chi connectivity index (χ2n) is 3.51. The van der Waals surface area contributed by atoms with E-state index in [1.54, 1.807) is 24.9 Å². The summed E-state index contributed by atoms with van der Waals surface area (Å²) in [4.78, 5) is 9.20. The molecule has 0 saturated carbocycles. The van der Waals surface area contributed by atoms with Crippen LogP contribution in [0.1, 0.15) is 0 Å². The summed E-state index contributed by atoms with van der Waals surface area (Å²) in [7, 11) is 1.54. The molecule has 0 amide bonds. The van der Waals surface area contributed by atoms with Gasteiger partial charge in [0, 0.05) is 16.6 Å². The van der Waals surface area contributed by atoms with Crippen LogP contribution in [0.5, 0.6) is 5.88 Å². The van der Waals surface area contributed by atoms with Gasteiger partial charge in [-0.2, -0.15) is 9.97 Å². The van der Waals surface area contributed by atoms with Gasteiger partial charge in [0.1, 0.15) is 5.82 Å². The highest BCUT2D eigenvalue weighted by atomic mass is 32.2. The SMILES string of the molecule is COc1cc(Nc2cccc(SC)c2)nc(N)n1. The van der Waals surface area contributed by atoms with Gasteiger partial charge in [-0.05, 0) is 24.5 Å². The fraction of sp³-hybridized carbons (Fsp3) is 0.167. The van der Waals surface area contributed by atoms with Gasteiger partial charge in [0.05, 0.1) is 7.11 Å². The monoisotopic (exact) mass is 262 g/mol. The lowest BCUT2D eigenvalue weighted by atomic mass is 10.3. The zero-order valence-corrected chi connectivity index (χ0v) is 11.0. The van der Waals surface area contributed by atoms with Gasteiger partial charge in [0.15, 0.2) is 0 Å². The zero-order chi connectivity index (χ0) is 13.0. The minimum Gasteiger partial charge on any atom is -0.481 e. The Bertz CT molecular complexity index is 547. The van der Waals surface area contributed by atoms with E-state index in [-0.39, 0.29) is 5.95 Å². The Hall–Kier alpha value is -1.95. The van der Waals surface area contributed by atoms with Crippen molar-refractivity contribution in [1.29, 1.82) is 0 Å². The van der Waals surface area contributed by atoms with E-state index < -0.39 is 0 Å². The molecule has 0 aliphatic rings. The van der Waals surface area contributed by atoms with E-state index in [4.69, 9.17) is 10.5 Å². The van der Waals surface area contributed by atoms with E-state index in [1.807, 2.05) is 30.5 Å². The molecule has 0 radical (unpaired) electrons. The summed E-state index contributed by atoms with van der Waals surface area (Å²) in [5, 5.41) is 3.17. The number of nitrogen functional groups attached to an aromatic ring is 1. The first-order valence-electron chi connectivity index (χ1n) is 5.31. The van der Waals surface area contributed by atoms with E-state index in [9.17, 15) is 0 Å². The van der Waals surface area contributed by atoms with Crippen LogP contribution in [0.3, 0.4) is 0 Å². The highest BCUT2D eigenvalue weighted by molar-refractivity contribution is 7.98. The number of nitrogens with zero attached hydrogens (tertiary/aromatic N) is 2. The van der Waals surface area contributed by atoms with Crippen molar-refractivity contribution in [2.75, 3.05) is 24.4 Å². The summed E-state index contributed by atoms with van der Waals surface area (Å²) in [5.74, 6) is 1.22. The van der Waals surface area contributed by atoms with Gasteiger partial charge in [-0.15, -0.1) is 11.8 Å². The van der Waals surface area contributed by atoms with Crippen molar-refractivity contribution in [3.63, 3.8) is 0 Å². The number of methoxy groups -OCH3 is 1. The Morgan fingerprint density at radius 2 is 2.11 bits per heavy atom. The Balaban J connectivity index is 2.24. The van der Waals surface area contributed by atoms with E-state index in [0.717, 1.165) is 5.69 Å². The first-order valence-corrected chi connectivity index (χ1v) is 6.53. The molecule has 0 aliphatic carbocycles. The predicted molar refractivity (Wildman–Crippen MR) is 74.5 cm³/mol. The van der Waals surface area contributed by atoms with Crippen molar-refractivity contribution in [1.82, 2.24) is 9.97 Å². The van der Waals surface area contributed by atoms with Gasteiger partial charge in [-0.25, -0.2) is 0 Å². The van der Waals surface area contributed by atoms with Gasteiger partial charge in [0.25, 0.3) is 0 Å². The van der Waals surface area contributed by atoms with E-state index >= 15 is 0 Å². The smallest absolute Gasteiger partial charge is 0.225 e. The van der Waals surface area contributed by atoms with Crippen LogP contribution < -0.4 is 15.8 Å². The summed E-state index contributed by atoms with van der Waals surface area (Å²) in [5.41, 5.74) is 6.54. The minimum absolute atomic E-state index is 0.179. The topological polar surface area (TPSA) is 73.1 Å². The van der Waals surface area contributed by atoms with Crippen molar-refractivity contribution in [3.8, 4) is 5.88 Å². The Kier molecular flexibility index (Phi) is 3.88. The number of thioether (sulfide) groups is 1. The number of hydrogen-bond donors (Lipinski definition) is 2. The maximum atomic E-state index is 5.60. The first kappa shape index (κ1) is 12.5. The number of rotatable bonds is 4. The summed E-state index contributed by atoms with van der Waals surface area (Å²) < 4.78 is 5.04. The van der Waals surface area contributed by atoms with Crippen molar-refractivity contribution < 1.29 is 4.74 Å². The average Bonchev–Trinajstić information content (AvgIpc) is 2.38. The summed E-state index contributed by atoms with van der Waals surface area (Å²) >= 11 is 1.68. The molecule has 1 aromatic carbocycles. The van der Waals surface area contributed by atoms with Crippen LogP contribution in [-0.2, 0) is 0 Å². The molecule has 18 heavy (non-hydrogen) atoms. The average molecular weight is 262 g/mol. The van der Waals surface area contributed by atoms with E-state index in [0.29, 0.717) is 11.7 Å². The van der Waals surface area contributed by atoms with Gasteiger partial charge >= 0.3 is 0 Å². The number of anilines is 3. The fourth-order valence-corrected chi connectivity index (χ4v) is 1.92. The van der Waals surface area contributed by atoms with Crippen LogP contribution in [0.2, 0.25) is 0 Å². The van der Waals surface area contributed by atoms with Crippen LogP contribution in [0, 0.1) is 0 Å². The summed E-state index contributed by atoms with van der Waals surface area (Å²) in [6.45, 7) is 0. The molecule has 5 nitrogen and oxygen atoms in total. The second-order valence-corrected chi connectivity index (χ2v) is 4.39. The molecule has 0 atom stereocenters. The van der Waals surface area contributed by atoms with E-state index in [2.05, 4.69) is 15.3 Å². The Morgan fingerprint density at radius 3 is 2.83 bits per heavy atom. The quantitative estimate of drug-likeness (QED) is 0.825. The third kappa shape index (κ3) is 3.04. The molecule has 1 heterocycles. The molecule has 94 valence electrons. The molecule has 0 bridgehead atoms. The van der Waals surface area contributed by atoms with Crippen molar-refractivity contribution in [2.24, 2.45) is 0 Å². The van der Waals surface area contributed by atoms with Crippen molar-refractivity contribution in [2.45, 2.75) is 4.90 Å². The lowest BCUT2D eigenvalue weighted by Gasteiger charge is -2.08. The maximum absolute atomic E-state index is 5.60.